The highest BCUT2D eigenvalue weighted by Gasteiger charge is 2.17. The van der Waals surface area contributed by atoms with Crippen molar-refractivity contribution >= 4 is 11.6 Å². The highest BCUT2D eigenvalue weighted by Crippen LogP contribution is 2.19. The Morgan fingerprint density at radius 3 is 2.87 bits per heavy atom. The molecule has 2 aromatic rings. The van der Waals surface area contributed by atoms with E-state index in [1.54, 1.807) is 0 Å². The van der Waals surface area contributed by atoms with Gasteiger partial charge < -0.3 is 5.11 Å². The Morgan fingerprint density at radius 1 is 1.53 bits per heavy atom. The van der Waals surface area contributed by atoms with Crippen LogP contribution in [-0.4, -0.2) is 25.7 Å². The maximum atomic E-state index is 12.5. The first-order valence-electron chi connectivity index (χ1n) is 3.95. The second kappa shape index (κ2) is 3.26. The van der Waals surface area contributed by atoms with Gasteiger partial charge in [0.25, 0.3) is 6.43 Å². The predicted molar refractivity (Wildman–Crippen MR) is 44.9 cm³/mol. The fourth-order valence-electron chi connectivity index (χ4n) is 1.23. The van der Waals surface area contributed by atoms with Gasteiger partial charge in [-0.25, -0.2) is 23.1 Å². The lowest BCUT2D eigenvalue weighted by Crippen LogP contribution is -2.02. The van der Waals surface area contributed by atoms with E-state index in [0.29, 0.717) is 0 Å². The average Bonchev–Trinajstić information content (AvgIpc) is 2.59. The van der Waals surface area contributed by atoms with E-state index in [9.17, 15) is 13.6 Å². The van der Waals surface area contributed by atoms with Gasteiger partial charge in [-0.15, -0.1) is 0 Å². The van der Waals surface area contributed by atoms with Crippen LogP contribution in [0.2, 0.25) is 0 Å². The molecule has 5 nitrogen and oxygen atoms in total. The molecule has 2 heterocycles. The monoisotopic (exact) mass is 213 g/mol. The van der Waals surface area contributed by atoms with Gasteiger partial charge in [-0.3, -0.25) is 0 Å². The molecule has 0 saturated carbocycles. The van der Waals surface area contributed by atoms with Gasteiger partial charge in [0.1, 0.15) is 11.3 Å². The van der Waals surface area contributed by atoms with Crippen LogP contribution in [0.5, 0.6) is 0 Å². The van der Waals surface area contributed by atoms with Crippen LogP contribution >= 0.6 is 0 Å². The molecule has 0 spiro atoms. The zero-order valence-electron chi connectivity index (χ0n) is 7.26. The molecule has 0 amide bonds. The zero-order chi connectivity index (χ0) is 11.0. The number of hydrogen-bond donors (Lipinski definition) is 1. The molecule has 0 aliphatic rings. The lowest BCUT2D eigenvalue weighted by atomic mass is 10.3. The molecule has 1 N–H and O–H groups in total. The standard InChI is InChI=1S/C8H5F2N3O2/c9-6(10)5-1-2-11-7-4(8(14)15)3-12-13(5)7/h1-3,6H,(H,14,15). The zero-order valence-corrected chi connectivity index (χ0v) is 7.26. The van der Waals surface area contributed by atoms with Crippen LogP contribution in [0.1, 0.15) is 22.5 Å². The third kappa shape index (κ3) is 1.41. The Balaban J connectivity index is 2.74. The molecule has 0 aliphatic carbocycles. The van der Waals surface area contributed by atoms with Gasteiger partial charge >= 0.3 is 5.97 Å². The number of halogens is 2. The molecule has 15 heavy (non-hydrogen) atoms. The van der Waals surface area contributed by atoms with Gasteiger partial charge in [-0.05, 0) is 6.07 Å². The van der Waals surface area contributed by atoms with Crippen LogP contribution < -0.4 is 0 Å². The summed E-state index contributed by atoms with van der Waals surface area (Å²) < 4.78 is 25.8. The maximum Gasteiger partial charge on any atom is 0.341 e. The van der Waals surface area contributed by atoms with Crippen molar-refractivity contribution in [3.63, 3.8) is 0 Å². The van der Waals surface area contributed by atoms with Crippen molar-refractivity contribution in [1.82, 2.24) is 14.6 Å². The molecule has 0 atom stereocenters. The number of alkyl halides is 2. The van der Waals surface area contributed by atoms with Gasteiger partial charge in [0.15, 0.2) is 5.65 Å². The molecule has 0 unspecified atom stereocenters. The van der Waals surface area contributed by atoms with E-state index >= 15 is 0 Å². The molecule has 2 rings (SSSR count). The number of carboxylic acid groups (broad SMARTS) is 1. The second-order valence-electron chi connectivity index (χ2n) is 2.77. The quantitative estimate of drug-likeness (QED) is 0.817. The molecule has 2 aromatic heterocycles. The molecule has 0 aromatic carbocycles. The number of fused-ring (bicyclic) bond motifs is 1. The van der Waals surface area contributed by atoms with Crippen molar-refractivity contribution in [2.45, 2.75) is 6.43 Å². The summed E-state index contributed by atoms with van der Waals surface area (Å²) >= 11 is 0. The molecule has 0 bridgehead atoms. The van der Waals surface area contributed by atoms with E-state index in [0.717, 1.165) is 23.0 Å². The van der Waals surface area contributed by atoms with Crippen LogP contribution in [-0.2, 0) is 0 Å². The number of aromatic carboxylic acids is 1. The van der Waals surface area contributed by atoms with E-state index in [4.69, 9.17) is 5.11 Å². The molecule has 78 valence electrons. The summed E-state index contributed by atoms with van der Waals surface area (Å²) in [6, 6.07) is 1.09. The van der Waals surface area contributed by atoms with Gasteiger partial charge in [-0.1, -0.05) is 0 Å². The van der Waals surface area contributed by atoms with Crippen LogP contribution in [0.15, 0.2) is 18.5 Å². The lowest BCUT2D eigenvalue weighted by Gasteiger charge is -2.01. The Morgan fingerprint density at radius 2 is 2.27 bits per heavy atom. The Kier molecular flexibility index (Phi) is 2.07. The molecular weight excluding hydrogens is 208 g/mol. The first-order chi connectivity index (χ1) is 7.11. The van der Waals surface area contributed by atoms with Crippen LogP contribution in [0, 0.1) is 0 Å². The smallest absolute Gasteiger partial charge is 0.341 e. The van der Waals surface area contributed by atoms with E-state index in [-0.39, 0.29) is 16.9 Å². The Bertz CT molecular complexity index is 524. The van der Waals surface area contributed by atoms with Crippen molar-refractivity contribution < 1.29 is 18.7 Å². The van der Waals surface area contributed by atoms with Gasteiger partial charge in [0.05, 0.1) is 6.20 Å². The minimum Gasteiger partial charge on any atom is -0.477 e. The number of carbonyl (C=O) groups is 1. The van der Waals surface area contributed by atoms with E-state index in [1.807, 2.05) is 0 Å². The fraction of sp³-hybridized carbons (Fsp3) is 0.125. The molecule has 0 fully saturated rings. The summed E-state index contributed by atoms with van der Waals surface area (Å²) in [5.74, 6) is -1.25. The molecule has 0 saturated heterocycles. The van der Waals surface area contributed by atoms with Crippen molar-refractivity contribution in [3.8, 4) is 0 Å². The molecular formula is C8H5F2N3O2. The minimum absolute atomic E-state index is 0.0831. The van der Waals surface area contributed by atoms with Crippen LogP contribution in [0.4, 0.5) is 8.78 Å². The summed E-state index contributed by atoms with van der Waals surface area (Å²) in [5.41, 5.74) is -0.662. The normalized spacial score (nSPS) is 11.1. The predicted octanol–water partition coefficient (Wildman–Crippen LogP) is 1.37. The number of carboxylic acids is 1. The number of hydrogen-bond acceptors (Lipinski definition) is 3. The third-order valence-electron chi connectivity index (χ3n) is 1.88. The Hall–Kier alpha value is -2.05. The van der Waals surface area contributed by atoms with Crippen molar-refractivity contribution in [2.24, 2.45) is 0 Å². The van der Waals surface area contributed by atoms with Gasteiger partial charge in [0, 0.05) is 6.20 Å². The third-order valence-corrected chi connectivity index (χ3v) is 1.88. The SMILES string of the molecule is O=C(O)c1cnn2c(C(F)F)ccnc12. The van der Waals surface area contributed by atoms with Gasteiger partial charge in [0.2, 0.25) is 0 Å². The molecule has 7 heteroatoms. The highest BCUT2D eigenvalue weighted by molar-refractivity contribution is 5.94. The second-order valence-corrected chi connectivity index (χ2v) is 2.77. The summed E-state index contributed by atoms with van der Waals surface area (Å²) in [6.45, 7) is 0. The molecule has 0 aliphatic heterocycles. The van der Waals surface area contributed by atoms with Crippen LogP contribution in [0.3, 0.4) is 0 Å². The molecule has 0 radical (unpaired) electrons. The lowest BCUT2D eigenvalue weighted by molar-refractivity contribution is 0.0698. The summed E-state index contributed by atoms with van der Waals surface area (Å²) in [4.78, 5) is 14.4. The minimum atomic E-state index is -2.72. The van der Waals surface area contributed by atoms with Crippen LogP contribution in [0.25, 0.3) is 5.65 Å². The summed E-state index contributed by atoms with van der Waals surface area (Å²) in [5, 5.41) is 12.3. The average molecular weight is 213 g/mol. The summed E-state index contributed by atoms with van der Waals surface area (Å²) in [7, 11) is 0. The Labute approximate surface area is 82.0 Å². The largest absolute Gasteiger partial charge is 0.477 e. The van der Waals surface area contributed by atoms with Crippen molar-refractivity contribution in [3.05, 3.63) is 29.7 Å². The van der Waals surface area contributed by atoms with Gasteiger partial charge in [-0.2, -0.15) is 5.10 Å². The van der Waals surface area contributed by atoms with E-state index < -0.39 is 12.4 Å². The van der Waals surface area contributed by atoms with Crippen molar-refractivity contribution in [2.75, 3.05) is 0 Å². The summed E-state index contributed by atoms with van der Waals surface area (Å²) in [6.07, 6.45) is -0.598. The highest BCUT2D eigenvalue weighted by atomic mass is 19.3. The topological polar surface area (TPSA) is 67.5 Å². The first kappa shape index (κ1) is 9.50. The van der Waals surface area contributed by atoms with Crippen molar-refractivity contribution in [1.29, 1.82) is 0 Å². The van der Waals surface area contributed by atoms with E-state index in [1.165, 1.54) is 0 Å². The number of nitrogens with zero attached hydrogens (tertiary/aromatic N) is 3. The number of rotatable bonds is 2. The maximum absolute atomic E-state index is 12.5. The first-order valence-corrected chi connectivity index (χ1v) is 3.95. The van der Waals surface area contributed by atoms with E-state index in [2.05, 4.69) is 10.1 Å². The fourth-order valence-corrected chi connectivity index (χ4v) is 1.23. The number of aromatic nitrogens is 3.